The summed E-state index contributed by atoms with van der Waals surface area (Å²) in [6.45, 7) is 2.53. The van der Waals surface area contributed by atoms with Gasteiger partial charge in [0.05, 0.1) is 6.61 Å². The maximum atomic E-state index is 12.5. The molecule has 2 aliphatic rings. The Labute approximate surface area is 154 Å². The van der Waals surface area contributed by atoms with Crippen LogP contribution in [-0.2, 0) is 23.9 Å². The fourth-order valence-corrected chi connectivity index (χ4v) is 3.76. The third-order valence-corrected chi connectivity index (χ3v) is 5.00. The number of aliphatic hydroxyl groups excluding tert-OH is 3. The Hall–Kier alpha value is -1.96. The van der Waals surface area contributed by atoms with Crippen LogP contribution in [0.1, 0.15) is 20.8 Å². The number of primary amides is 1. The summed E-state index contributed by atoms with van der Waals surface area (Å²) in [6, 6.07) is -1.72. The molecule has 0 aliphatic carbocycles. The molecule has 0 aromatic carbocycles. The molecular weight excluding hydrogens is 364 g/mol. The molecule has 0 spiro atoms. The van der Waals surface area contributed by atoms with Crippen LogP contribution < -0.4 is 11.5 Å². The maximum absolute atomic E-state index is 12.5. The van der Waals surface area contributed by atoms with Crippen LogP contribution in [0.2, 0.25) is 0 Å². The number of nitrogens with zero attached hydrogens (tertiary/aromatic N) is 2. The summed E-state index contributed by atoms with van der Waals surface area (Å²) in [4.78, 5) is 50.7. The van der Waals surface area contributed by atoms with E-state index < -0.39 is 72.4 Å². The summed E-state index contributed by atoms with van der Waals surface area (Å²) >= 11 is 0. The zero-order chi connectivity index (χ0) is 20.8. The van der Waals surface area contributed by atoms with Crippen molar-refractivity contribution in [1.29, 1.82) is 0 Å². The second-order valence-corrected chi connectivity index (χ2v) is 6.73. The average Bonchev–Trinajstić information content (AvgIpc) is 3.00. The first-order valence-corrected chi connectivity index (χ1v) is 8.20. The second-order valence-electron chi connectivity index (χ2n) is 6.73. The predicted octanol–water partition coefficient (Wildman–Crippen LogP) is -4.40. The molecule has 2 aliphatic heterocycles. The van der Waals surface area contributed by atoms with Gasteiger partial charge in [0, 0.05) is 6.92 Å². The number of carbonyl (C=O) groups is 4. The number of ether oxygens (including phenoxy) is 1. The van der Waals surface area contributed by atoms with E-state index in [2.05, 4.69) is 0 Å². The molecule has 2 amide bonds. The summed E-state index contributed by atoms with van der Waals surface area (Å²) in [7, 11) is 0. The minimum absolute atomic E-state index is 0.666. The van der Waals surface area contributed by atoms with Crippen LogP contribution in [0.3, 0.4) is 0 Å². The van der Waals surface area contributed by atoms with E-state index in [4.69, 9.17) is 16.2 Å². The molecule has 12 nitrogen and oxygen atoms in total. The van der Waals surface area contributed by atoms with E-state index in [1.807, 2.05) is 0 Å². The van der Waals surface area contributed by atoms with Crippen molar-refractivity contribution >= 4 is 23.4 Å². The van der Waals surface area contributed by atoms with E-state index in [0.29, 0.717) is 0 Å². The molecule has 3 unspecified atom stereocenters. The monoisotopic (exact) mass is 388 g/mol. The van der Waals surface area contributed by atoms with Crippen molar-refractivity contribution in [3.05, 3.63) is 0 Å². The van der Waals surface area contributed by atoms with E-state index in [1.165, 1.54) is 0 Å². The van der Waals surface area contributed by atoms with Crippen LogP contribution >= 0.6 is 0 Å². The molecular formula is C15H24N4O8. The number of hydrogen-bond donors (Lipinski definition) is 5. The summed E-state index contributed by atoms with van der Waals surface area (Å²) < 4.78 is 5.40. The minimum Gasteiger partial charge on any atom is -0.394 e. The van der Waals surface area contributed by atoms with E-state index in [9.17, 15) is 34.5 Å². The van der Waals surface area contributed by atoms with Crippen molar-refractivity contribution in [2.24, 2.45) is 11.5 Å². The molecule has 27 heavy (non-hydrogen) atoms. The van der Waals surface area contributed by atoms with Gasteiger partial charge in [-0.05, 0) is 13.8 Å². The van der Waals surface area contributed by atoms with E-state index in [1.54, 1.807) is 0 Å². The van der Waals surface area contributed by atoms with Crippen molar-refractivity contribution in [1.82, 2.24) is 9.80 Å². The van der Waals surface area contributed by atoms with Crippen molar-refractivity contribution in [2.45, 2.75) is 63.2 Å². The lowest BCUT2D eigenvalue weighted by atomic mass is 9.94. The van der Waals surface area contributed by atoms with Gasteiger partial charge in [-0.3, -0.25) is 19.2 Å². The first-order valence-electron chi connectivity index (χ1n) is 8.20. The Morgan fingerprint density at radius 1 is 1.11 bits per heavy atom. The maximum Gasteiger partial charge on any atom is 0.244 e. The normalized spacial score (nSPS) is 39.6. The molecule has 7 N–H and O–H groups in total. The first-order chi connectivity index (χ1) is 12.4. The fourth-order valence-electron chi connectivity index (χ4n) is 3.76. The van der Waals surface area contributed by atoms with E-state index >= 15 is 0 Å². The minimum atomic E-state index is -2.30. The average molecular weight is 388 g/mol. The molecule has 0 radical (unpaired) electrons. The quantitative estimate of drug-likeness (QED) is 0.306. The van der Waals surface area contributed by atoms with Crippen molar-refractivity contribution in [3.8, 4) is 0 Å². The zero-order valence-electron chi connectivity index (χ0n) is 15.1. The van der Waals surface area contributed by atoms with Gasteiger partial charge in [-0.15, -0.1) is 0 Å². The van der Waals surface area contributed by atoms with Crippen molar-refractivity contribution in [3.63, 3.8) is 0 Å². The Morgan fingerprint density at radius 2 is 1.67 bits per heavy atom. The predicted molar refractivity (Wildman–Crippen MR) is 87.2 cm³/mol. The smallest absolute Gasteiger partial charge is 0.244 e. The molecule has 0 aromatic rings. The molecule has 0 bridgehead atoms. The highest BCUT2D eigenvalue weighted by atomic mass is 16.6. The molecule has 2 fully saturated rings. The third kappa shape index (κ3) is 3.03. The van der Waals surface area contributed by atoms with Gasteiger partial charge in [-0.1, -0.05) is 0 Å². The number of carbonyl (C=O) groups excluding carboxylic acids is 4. The van der Waals surface area contributed by atoms with Gasteiger partial charge in [0.15, 0.2) is 23.3 Å². The van der Waals surface area contributed by atoms with Crippen molar-refractivity contribution < 1.29 is 39.2 Å². The number of ketones is 2. The van der Waals surface area contributed by atoms with Gasteiger partial charge in [-0.2, -0.15) is 0 Å². The number of aliphatic hydroxyl groups is 3. The number of Topliss-reactive ketones (excluding diaryl/α,β-unsaturated/α-hetero) is 2. The second kappa shape index (κ2) is 7.22. The summed E-state index contributed by atoms with van der Waals surface area (Å²) in [5.41, 5.74) is 9.30. The van der Waals surface area contributed by atoms with Crippen LogP contribution in [0, 0.1) is 0 Å². The molecule has 2 saturated heterocycles. The molecule has 2 heterocycles. The van der Waals surface area contributed by atoms with E-state index in [0.717, 1.165) is 30.6 Å². The molecule has 152 valence electrons. The lowest BCUT2D eigenvalue weighted by Gasteiger charge is -2.39. The largest absolute Gasteiger partial charge is 0.394 e. The van der Waals surface area contributed by atoms with Crippen LogP contribution in [0.25, 0.3) is 0 Å². The Balaban J connectivity index is 2.70. The third-order valence-electron chi connectivity index (χ3n) is 5.00. The Morgan fingerprint density at radius 3 is 2.00 bits per heavy atom. The van der Waals surface area contributed by atoms with Gasteiger partial charge in [0.1, 0.15) is 30.7 Å². The van der Waals surface area contributed by atoms with Gasteiger partial charge in [-0.25, -0.2) is 4.90 Å². The van der Waals surface area contributed by atoms with Crippen LogP contribution in [0.5, 0.6) is 0 Å². The number of hydrogen-bond acceptors (Lipinski definition) is 10. The summed E-state index contributed by atoms with van der Waals surface area (Å²) in [6.07, 6.45) is -7.59. The fraction of sp³-hybridized carbons (Fsp3) is 0.733. The van der Waals surface area contributed by atoms with Crippen molar-refractivity contribution in [2.75, 3.05) is 6.61 Å². The topological polar surface area (TPSA) is 197 Å². The highest BCUT2D eigenvalue weighted by Crippen LogP contribution is 2.39. The molecule has 7 atom stereocenters. The highest BCUT2D eigenvalue weighted by molar-refractivity contribution is 6.01. The first kappa shape index (κ1) is 21.3. The van der Waals surface area contributed by atoms with E-state index in [-0.39, 0.29) is 0 Å². The van der Waals surface area contributed by atoms with Crippen LogP contribution in [0.15, 0.2) is 0 Å². The SMILES string of the molecule is CC(=O)C1N(C(C)=O)C(C(N)=O)C(N)(C(C)=O)N1[C@@H]1O[C@H](CO)[C@@H](O)[C@H]1O. The Bertz CT molecular complexity index is 672. The van der Waals surface area contributed by atoms with Gasteiger partial charge >= 0.3 is 0 Å². The van der Waals surface area contributed by atoms with Gasteiger partial charge < -0.3 is 36.4 Å². The summed E-state index contributed by atoms with van der Waals surface area (Å²) in [5.74, 6) is -3.39. The highest BCUT2D eigenvalue weighted by Gasteiger charge is 2.67. The van der Waals surface area contributed by atoms with Crippen LogP contribution in [0.4, 0.5) is 0 Å². The molecule has 0 aromatic heterocycles. The van der Waals surface area contributed by atoms with Gasteiger partial charge in [0.2, 0.25) is 11.8 Å². The number of nitrogens with two attached hydrogens (primary N) is 2. The molecule has 12 heteroatoms. The molecule has 2 rings (SSSR count). The Kier molecular flexibility index (Phi) is 5.71. The van der Waals surface area contributed by atoms with Gasteiger partial charge in [0.25, 0.3) is 0 Å². The molecule has 0 saturated carbocycles. The number of amides is 2. The lowest BCUT2D eigenvalue weighted by Crippen LogP contribution is -2.70. The summed E-state index contributed by atoms with van der Waals surface area (Å²) in [5, 5.41) is 29.7. The lowest BCUT2D eigenvalue weighted by molar-refractivity contribution is -0.165. The zero-order valence-corrected chi connectivity index (χ0v) is 15.1. The van der Waals surface area contributed by atoms with Crippen LogP contribution in [-0.4, -0.2) is 97.5 Å². The number of rotatable bonds is 5. The standard InChI is InChI=1S/C15H24N4O8/c1-5(21)13-18(7(3)23)11(12(16)26)15(17,6(2)22)19(13)14-10(25)9(24)8(4-20)27-14/h8-11,13-14,20,24-25H,4,17H2,1-3H3,(H2,16,26)/t8-,9-,10-,11?,13?,14-,15?/m1/s1.